The van der Waals surface area contributed by atoms with E-state index in [-0.39, 0.29) is 71.2 Å². The van der Waals surface area contributed by atoms with Crippen LogP contribution in [0.3, 0.4) is 0 Å². The fourth-order valence-electron chi connectivity index (χ4n) is 8.22. The molecular formula is C51H76N4O8S2. The van der Waals surface area contributed by atoms with E-state index in [4.69, 9.17) is 4.74 Å². The van der Waals surface area contributed by atoms with Crippen molar-refractivity contribution in [3.8, 4) is 11.1 Å². The molecule has 1 aliphatic carbocycles. The van der Waals surface area contributed by atoms with Gasteiger partial charge in [0.1, 0.15) is 29.7 Å². The van der Waals surface area contributed by atoms with Crippen LogP contribution in [0.1, 0.15) is 162 Å². The van der Waals surface area contributed by atoms with Gasteiger partial charge in [0, 0.05) is 72.9 Å². The lowest BCUT2D eigenvalue weighted by molar-refractivity contribution is -0.143. The van der Waals surface area contributed by atoms with Crippen molar-refractivity contribution < 1.29 is 38.3 Å². The van der Waals surface area contributed by atoms with Gasteiger partial charge in [-0.1, -0.05) is 109 Å². The van der Waals surface area contributed by atoms with Crippen LogP contribution in [0.25, 0.3) is 11.1 Å². The summed E-state index contributed by atoms with van der Waals surface area (Å²) in [6.07, 6.45) is 11.4. The number of hydrogen-bond donors (Lipinski definition) is 4. The van der Waals surface area contributed by atoms with Gasteiger partial charge in [0.15, 0.2) is 0 Å². The van der Waals surface area contributed by atoms with Crippen molar-refractivity contribution in [3.63, 3.8) is 0 Å². The van der Waals surface area contributed by atoms with Crippen LogP contribution in [0.15, 0.2) is 48.5 Å². The molecule has 4 aliphatic heterocycles. The summed E-state index contributed by atoms with van der Waals surface area (Å²) in [6, 6.07) is 17.6. The van der Waals surface area contributed by atoms with Crippen molar-refractivity contribution in [1.29, 1.82) is 0 Å². The number of amides is 4. The molecule has 6 unspecified atom stereocenters. The van der Waals surface area contributed by atoms with Gasteiger partial charge in [-0.2, -0.15) is 23.5 Å². The summed E-state index contributed by atoms with van der Waals surface area (Å²) in [6.45, 7) is 13.8. The van der Waals surface area contributed by atoms with Crippen LogP contribution in [0.5, 0.6) is 0 Å². The number of thioether (sulfide) groups is 2. The number of rotatable bonds is 19. The smallest absolute Gasteiger partial charge is 0.315 e. The number of carbonyl (C=O) groups excluding carboxylic acids is 7. The molecule has 0 spiro atoms. The number of carbonyl (C=O) groups is 7. The van der Waals surface area contributed by atoms with Crippen molar-refractivity contribution >= 4 is 64.7 Å². The second-order valence-electron chi connectivity index (χ2n) is 17.4. The van der Waals surface area contributed by atoms with E-state index < -0.39 is 0 Å². The molecular weight excluding hydrogens is 861 g/mol. The number of ketones is 4. The summed E-state index contributed by atoms with van der Waals surface area (Å²) in [5.74, 6) is 2.52. The van der Waals surface area contributed by atoms with E-state index in [9.17, 15) is 33.6 Å². The standard InChI is InChI=1S/C17H16O2.2C14H22N2O3S.2C3H8/c1-2-17(18)19-11-16-14-9-5-3-7-12(14)13-8-4-6-10-15(13)16;2*1-9(17)6-7-10(18)4-2-3-5-12-13-11(8-20-12)15-14(19)16-13;2*1-3-2/h3-10,16H,2,11H2,1H3;2*11-13H,2-8H2,1H3,(H2,15,16,19);2*3H2,1-2H3. The summed E-state index contributed by atoms with van der Waals surface area (Å²) < 4.78 is 5.35. The summed E-state index contributed by atoms with van der Waals surface area (Å²) in [5, 5.41) is 12.7. The molecule has 0 radical (unpaired) electrons. The second kappa shape index (κ2) is 30.2. The Labute approximate surface area is 396 Å². The first-order valence-electron chi connectivity index (χ1n) is 24.0. The maximum Gasteiger partial charge on any atom is 0.315 e. The molecule has 0 saturated carbocycles. The molecule has 4 amide bonds. The van der Waals surface area contributed by atoms with Crippen molar-refractivity contribution in [2.45, 2.75) is 185 Å². The topological polar surface area (TPSA) is 177 Å². The summed E-state index contributed by atoms with van der Waals surface area (Å²) >= 11 is 3.81. The molecule has 2 aromatic carbocycles. The number of Topliss-reactive ketones (excluding diaryl/α,β-unsaturated/α-hetero) is 4. The molecule has 5 aliphatic rings. The Morgan fingerprint density at radius 2 is 0.969 bits per heavy atom. The number of fused-ring (bicyclic) bond motifs is 5. The number of esters is 1. The largest absolute Gasteiger partial charge is 0.465 e. The zero-order valence-corrected chi connectivity index (χ0v) is 41.6. The van der Waals surface area contributed by atoms with E-state index in [1.807, 2.05) is 42.6 Å². The number of benzene rings is 2. The first kappa shape index (κ1) is 55.2. The number of nitrogens with one attached hydrogen (secondary N) is 4. The van der Waals surface area contributed by atoms with E-state index in [1.54, 1.807) is 0 Å². The molecule has 360 valence electrons. The fourth-order valence-corrected chi connectivity index (χ4v) is 11.3. The number of hydrogen-bond acceptors (Lipinski definition) is 10. The minimum atomic E-state index is -0.137. The minimum absolute atomic E-state index is 0.0512. The Hall–Kier alpha value is -4.17. The first-order chi connectivity index (χ1) is 31.3. The molecule has 2 aromatic rings. The van der Waals surface area contributed by atoms with Crippen molar-refractivity contribution in [1.82, 2.24) is 21.3 Å². The lowest BCUT2D eigenvalue weighted by Crippen LogP contribution is -2.36. The van der Waals surface area contributed by atoms with Gasteiger partial charge in [-0.05, 0) is 61.8 Å². The maximum atomic E-state index is 11.5. The third kappa shape index (κ3) is 18.9. The van der Waals surface area contributed by atoms with Gasteiger partial charge in [0.2, 0.25) is 0 Å². The van der Waals surface area contributed by atoms with Crippen LogP contribution in [-0.4, -0.2) is 93.9 Å². The predicted molar refractivity (Wildman–Crippen MR) is 265 cm³/mol. The zero-order valence-electron chi connectivity index (χ0n) is 40.0. The Kier molecular flexibility index (Phi) is 25.6. The average Bonchev–Trinajstić information content (AvgIpc) is 4.10. The molecule has 0 bridgehead atoms. The Balaban J connectivity index is 0.000000244. The highest BCUT2D eigenvalue weighted by molar-refractivity contribution is 8.00. The van der Waals surface area contributed by atoms with Gasteiger partial charge in [0.25, 0.3) is 0 Å². The number of ether oxygens (including phenoxy) is 1. The van der Waals surface area contributed by atoms with Gasteiger partial charge in [-0.3, -0.25) is 14.4 Å². The van der Waals surface area contributed by atoms with Gasteiger partial charge < -0.3 is 35.6 Å². The molecule has 7 rings (SSSR count). The average molecular weight is 937 g/mol. The van der Waals surface area contributed by atoms with Crippen LogP contribution in [-0.2, 0) is 28.7 Å². The Bertz CT molecular complexity index is 1740. The van der Waals surface area contributed by atoms with E-state index >= 15 is 0 Å². The highest BCUT2D eigenvalue weighted by Crippen LogP contribution is 2.44. The predicted octanol–water partition coefficient (Wildman–Crippen LogP) is 9.89. The summed E-state index contributed by atoms with van der Waals surface area (Å²) in [4.78, 5) is 78.5. The molecule has 0 aromatic heterocycles. The summed E-state index contributed by atoms with van der Waals surface area (Å²) in [7, 11) is 0. The number of urea groups is 2. The quantitative estimate of drug-likeness (QED) is 0.0603. The minimum Gasteiger partial charge on any atom is -0.465 e. The van der Waals surface area contributed by atoms with E-state index in [2.05, 4.69) is 85.4 Å². The molecule has 4 N–H and O–H groups in total. The van der Waals surface area contributed by atoms with Crippen LogP contribution in [0.2, 0.25) is 0 Å². The molecule has 14 heteroatoms. The SMILES string of the molecule is CC(=O)CCC(=O)CCCCC1SCC2NC(=O)NC21.CC(=O)CCC(=O)CCCCC1SCC2NC(=O)NC21.CCC.CCC.CCC(=O)OCC1c2ccccc2-c2ccccc21. The van der Waals surface area contributed by atoms with E-state index in [0.29, 0.717) is 62.1 Å². The molecule has 4 saturated heterocycles. The zero-order chi connectivity index (χ0) is 47.7. The highest BCUT2D eigenvalue weighted by Gasteiger charge is 2.43. The van der Waals surface area contributed by atoms with Crippen molar-refractivity contribution in [2.24, 2.45) is 0 Å². The number of unbranched alkanes of at least 4 members (excludes halogenated alkanes) is 2. The van der Waals surface area contributed by atoms with E-state index in [1.165, 1.54) is 48.9 Å². The second-order valence-corrected chi connectivity index (χ2v) is 19.9. The monoisotopic (exact) mass is 937 g/mol. The van der Waals surface area contributed by atoms with E-state index in [0.717, 1.165) is 50.0 Å². The highest BCUT2D eigenvalue weighted by atomic mass is 32.2. The van der Waals surface area contributed by atoms with Gasteiger partial charge in [-0.15, -0.1) is 0 Å². The van der Waals surface area contributed by atoms with Crippen LogP contribution >= 0.6 is 23.5 Å². The third-order valence-corrected chi connectivity index (χ3v) is 14.5. The van der Waals surface area contributed by atoms with Crippen molar-refractivity contribution in [3.05, 3.63) is 59.7 Å². The normalized spacial score (nSPS) is 21.5. The summed E-state index contributed by atoms with van der Waals surface area (Å²) in [5.41, 5.74) is 5.03. The van der Waals surface area contributed by atoms with Gasteiger partial charge in [0.05, 0.1) is 24.2 Å². The van der Waals surface area contributed by atoms with Gasteiger partial charge in [-0.25, -0.2) is 9.59 Å². The first-order valence-corrected chi connectivity index (χ1v) is 26.1. The van der Waals surface area contributed by atoms with Crippen LogP contribution < -0.4 is 21.3 Å². The molecule has 4 heterocycles. The van der Waals surface area contributed by atoms with Crippen molar-refractivity contribution in [2.75, 3.05) is 18.1 Å². The van der Waals surface area contributed by atoms with Crippen LogP contribution in [0.4, 0.5) is 9.59 Å². The van der Waals surface area contributed by atoms with Gasteiger partial charge >= 0.3 is 18.0 Å². The van der Waals surface area contributed by atoms with Crippen LogP contribution in [0, 0.1) is 0 Å². The molecule has 65 heavy (non-hydrogen) atoms. The lowest BCUT2D eigenvalue weighted by atomic mass is 9.98. The molecule has 4 fully saturated rings. The Morgan fingerprint density at radius 3 is 1.35 bits per heavy atom. The third-order valence-electron chi connectivity index (χ3n) is 11.4. The maximum absolute atomic E-state index is 11.5. The Morgan fingerprint density at radius 1 is 0.569 bits per heavy atom. The lowest BCUT2D eigenvalue weighted by Gasteiger charge is -2.16. The molecule has 6 atom stereocenters. The molecule has 12 nitrogen and oxygen atoms in total. The fraction of sp³-hybridized carbons (Fsp3) is 0.627.